The average molecular weight is 347 g/mol. The highest BCUT2D eigenvalue weighted by Gasteiger charge is 2.31. The van der Waals surface area contributed by atoms with Crippen LogP contribution in [0.25, 0.3) is 0 Å². The molecule has 0 atom stereocenters. The van der Waals surface area contributed by atoms with Crippen molar-refractivity contribution in [1.82, 2.24) is 4.98 Å². The van der Waals surface area contributed by atoms with Crippen molar-refractivity contribution >= 4 is 28.1 Å². The van der Waals surface area contributed by atoms with E-state index in [9.17, 15) is 4.79 Å². The maximum absolute atomic E-state index is 11.5. The van der Waals surface area contributed by atoms with E-state index in [2.05, 4.69) is 29.4 Å². The van der Waals surface area contributed by atoms with Gasteiger partial charge in [0.25, 0.3) is 0 Å². The Morgan fingerprint density at radius 2 is 2.33 bits per heavy atom. The number of hydrogen-bond acceptors (Lipinski definition) is 7. The SMILES string of the molecule is CCOC(=O)Cc1csc(NN=C2CC(C)(C)Cc3occc32)n1. The zero-order valence-electron chi connectivity index (χ0n) is 14.1. The van der Waals surface area contributed by atoms with E-state index in [0.717, 1.165) is 29.9 Å². The van der Waals surface area contributed by atoms with Gasteiger partial charge in [-0.05, 0) is 24.8 Å². The first-order valence-electron chi connectivity index (χ1n) is 7.96. The number of anilines is 1. The highest BCUT2D eigenvalue weighted by atomic mass is 32.1. The summed E-state index contributed by atoms with van der Waals surface area (Å²) in [4.78, 5) is 15.9. The van der Waals surface area contributed by atoms with Crippen LogP contribution in [0.4, 0.5) is 5.13 Å². The van der Waals surface area contributed by atoms with Crippen LogP contribution in [0.3, 0.4) is 0 Å². The summed E-state index contributed by atoms with van der Waals surface area (Å²) in [5, 5.41) is 7.03. The van der Waals surface area contributed by atoms with Gasteiger partial charge >= 0.3 is 5.97 Å². The van der Waals surface area contributed by atoms with E-state index in [1.807, 2.05) is 11.4 Å². The normalized spacial score (nSPS) is 17.5. The molecule has 0 unspecified atom stereocenters. The topological polar surface area (TPSA) is 76.7 Å². The lowest BCUT2D eigenvalue weighted by molar-refractivity contribution is -0.142. The van der Waals surface area contributed by atoms with E-state index in [-0.39, 0.29) is 17.8 Å². The van der Waals surface area contributed by atoms with Crippen molar-refractivity contribution in [2.45, 2.75) is 40.0 Å². The molecule has 1 aliphatic carbocycles. The first kappa shape index (κ1) is 16.7. The van der Waals surface area contributed by atoms with Crippen LogP contribution in [0.15, 0.2) is 27.2 Å². The lowest BCUT2D eigenvalue weighted by Crippen LogP contribution is -2.27. The van der Waals surface area contributed by atoms with Gasteiger partial charge in [0.05, 0.1) is 30.7 Å². The highest BCUT2D eigenvalue weighted by molar-refractivity contribution is 7.13. The van der Waals surface area contributed by atoms with E-state index in [0.29, 0.717) is 17.4 Å². The Morgan fingerprint density at radius 1 is 1.50 bits per heavy atom. The number of nitrogens with zero attached hydrogens (tertiary/aromatic N) is 2. The third-order valence-corrected chi connectivity index (χ3v) is 4.61. The Bertz CT molecular complexity index is 761. The summed E-state index contributed by atoms with van der Waals surface area (Å²) in [6.07, 6.45) is 3.67. The third kappa shape index (κ3) is 3.84. The van der Waals surface area contributed by atoms with Crippen molar-refractivity contribution in [2.24, 2.45) is 10.5 Å². The fourth-order valence-electron chi connectivity index (χ4n) is 2.79. The Hall–Kier alpha value is -2.15. The molecule has 1 N–H and O–H groups in total. The van der Waals surface area contributed by atoms with Gasteiger partial charge in [-0.1, -0.05) is 13.8 Å². The number of aromatic nitrogens is 1. The van der Waals surface area contributed by atoms with Gasteiger partial charge in [0, 0.05) is 17.4 Å². The molecule has 0 fully saturated rings. The molecule has 128 valence electrons. The number of nitrogens with one attached hydrogen (secondary N) is 1. The van der Waals surface area contributed by atoms with E-state index in [1.165, 1.54) is 11.3 Å². The second kappa shape index (κ2) is 6.76. The maximum atomic E-state index is 11.5. The molecular weight excluding hydrogens is 326 g/mol. The molecule has 0 aliphatic heterocycles. The van der Waals surface area contributed by atoms with E-state index in [1.54, 1.807) is 13.2 Å². The number of thiazole rings is 1. The molecule has 2 aromatic heterocycles. The Kier molecular flexibility index (Phi) is 4.71. The molecule has 3 rings (SSSR count). The van der Waals surface area contributed by atoms with Gasteiger partial charge in [0.15, 0.2) is 0 Å². The second-order valence-electron chi connectivity index (χ2n) is 6.57. The molecule has 1 aliphatic rings. The van der Waals surface area contributed by atoms with Gasteiger partial charge in [-0.25, -0.2) is 4.98 Å². The van der Waals surface area contributed by atoms with Gasteiger partial charge in [0.1, 0.15) is 5.76 Å². The van der Waals surface area contributed by atoms with E-state index < -0.39 is 0 Å². The largest absolute Gasteiger partial charge is 0.469 e. The lowest BCUT2D eigenvalue weighted by Gasteiger charge is -2.29. The smallest absolute Gasteiger partial charge is 0.311 e. The molecule has 0 radical (unpaired) electrons. The molecular formula is C17H21N3O3S. The van der Waals surface area contributed by atoms with Crippen LogP contribution in [-0.2, 0) is 22.4 Å². The summed E-state index contributed by atoms with van der Waals surface area (Å²) >= 11 is 1.42. The summed E-state index contributed by atoms with van der Waals surface area (Å²) in [6.45, 7) is 6.58. The number of carbonyl (C=O) groups excluding carboxylic acids is 1. The first-order chi connectivity index (χ1) is 11.5. The van der Waals surface area contributed by atoms with Crippen LogP contribution < -0.4 is 5.43 Å². The maximum Gasteiger partial charge on any atom is 0.311 e. The standard InChI is InChI=1S/C17H21N3O3S/c1-4-22-15(21)7-11-10-24-16(18-11)20-19-13-8-17(2,3)9-14-12(13)5-6-23-14/h5-6,10H,4,7-9H2,1-3H3,(H,18,20). The molecule has 0 bridgehead atoms. The zero-order chi connectivity index (χ0) is 17.2. The van der Waals surface area contributed by atoms with Crippen molar-refractivity contribution in [2.75, 3.05) is 12.0 Å². The van der Waals surface area contributed by atoms with Crippen LogP contribution in [0.1, 0.15) is 44.2 Å². The average Bonchev–Trinajstić information content (AvgIpc) is 3.13. The summed E-state index contributed by atoms with van der Waals surface area (Å²) in [5.41, 5.74) is 5.84. The lowest BCUT2D eigenvalue weighted by atomic mass is 9.76. The van der Waals surface area contributed by atoms with Crippen molar-refractivity contribution in [3.05, 3.63) is 34.7 Å². The van der Waals surface area contributed by atoms with Crippen molar-refractivity contribution in [1.29, 1.82) is 0 Å². The van der Waals surface area contributed by atoms with E-state index >= 15 is 0 Å². The van der Waals surface area contributed by atoms with Gasteiger partial charge in [-0.2, -0.15) is 5.10 Å². The van der Waals surface area contributed by atoms with Crippen molar-refractivity contribution in [3.63, 3.8) is 0 Å². The summed E-state index contributed by atoms with van der Waals surface area (Å²) in [5.74, 6) is 0.715. The van der Waals surface area contributed by atoms with Gasteiger partial charge in [-0.15, -0.1) is 11.3 Å². The number of carbonyl (C=O) groups is 1. The number of esters is 1. The van der Waals surface area contributed by atoms with Gasteiger partial charge in [0.2, 0.25) is 5.13 Å². The Balaban J connectivity index is 1.70. The number of rotatable bonds is 5. The fraction of sp³-hybridized carbons (Fsp3) is 0.471. The summed E-state index contributed by atoms with van der Waals surface area (Å²) in [7, 11) is 0. The molecule has 7 heteroatoms. The highest BCUT2D eigenvalue weighted by Crippen LogP contribution is 2.35. The van der Waals surface area contributed by atoms with Crippen LogP contribution in [0.5, 0.6) is 0 Å². The van der Waals surface area contributed by atoms with Crippen LogP contribution in [0.2, 0.25) is 0 Å². The minimum Gasteiger partial charge on any atom is -0.469 e. The number of furan rings is 1. The predicted octanol–water partition coefficient (Wildman–Crippen LogP) is 3.63. The van der Waals surface area contributed by atoms with E-state index in [4.69, 9.17) is 9.15 Å². The summed E-state index contributed by atoms with van der Waals surface area (Å²) in [6, 6.07) is 1.96. The fourth-order valence-corrected chi connectivity index (χ4v) is 3.45. The first-order valence-corrected chi connectivity index (χ1v) is 8.84. The number of hydrazone groups is 1. The van der Waals surface area contributed by atoms with Crippen molar-refractivity contribution in [3.8, 4) is 0 Å². The molecule has 2 heterocycles. The minimum atomic E-state index is -0.266. The number of fused-ring (bicyclic) bond motifs is 1. The molecule has 6 nitrogen and oxygen atoms in total. The third-order valence-electron chi connectivity index (χ3n) is 3.81. The molecule has 0 spiro atoms. The molecule has 0 amide bonds. The van der Waals surface area contributed by atoms with Crippen LogP contribution in [-0.4, -0.2) is 23.3 Å². The molecule has 24 heavy (non-hydrogen) atoms. The quantitative estimate of drug-likeness (QED) is 0.660. The van der Waals surface area contributed by atoms with Crippen molar-refractivity contribution < 1.29 is 13.9 Å². The number of hydrogen-bond donors (Lipinski definition) is 1. The number of ether oxygens (including phenoxy) is 1. The molecule has 0 saturated heterocycles. The summed E-state index contributed by atoms with van der Waals surface area (Å²) < 4.78 is 10.5. The predicted molar refractivity (Wildman–Crippen MR) is 93.4 cm³/mol. The monoisotopic (exact) mass is 347 g/mol. The molecule has 0 aromatic carbocycles. The molecule has 2 aromatic rings. The van der Waals surface area contributed by atoms with Crippen LogP contribution in [0, 0.1) is 5.41 Å². The Labute approximate surface area is 144 Å². The van der Waals surface area contributed by atoms with Gasteiger partial charge < -0.3 is 9.15 Å². The Morgan fingerprint density at radius 3 is 3.12 bits per heavy atom. The molecule has 0 saturated carbocycles. The zero-order valence-corrected chi connectivity index (χ0v) is 14.9. The minimum absolute atomic E-state index is 0.114. The second-order valence-corrected chi connectivity index (χ2v) is 7.43. The van der Waals surface area contributed by atoms with Crippen LogP contribution >= 0.6 is 11.3 Å². The van der Waals surface area contributed by atoms with Gasteiger partial charge in [-0.3, -0.25) is 10.2 Å².